The van der Waals surface area contributed by atoms with Gasteiger partial charge in [-0.25, -0.2) is 18.0 Å². The van der Waals surface area contributed by atoms with Crippen molar-refractivity contribution in [1.29, 1.82) is 0 Å². The fourth-order valence-corrected chi connectivity index (χ4v) is 4.03. The molecule has 0 unspecified atom stereocenters. The van der Waals surface area contributed by atoms with Gasteiger partial charge in [0.1, 0.15) is 0 Å². The highest BCUT2D eigenvalue weighted by atomic mass is 32.2. The number of rotatable bonds is 5. The number of esters is 1. The van der Waals surface area contributed by atoms with Gasteiger partial charge >= 0.3 is 11.9 Å². The predicted octanol–water partition coefficient (Wildman–Crippen LogP) is 2.34. The quantitative estimate of drug-likeness (QED) is 0.797. The molecule has 0 radical (unpaired) electrons. The molecule has 9 heteroatoms. The van der Waals surface area contributed by atoms with Crippen molar-refractivity contribution in [3.63, 3.8) is 0 Å². The molecule has 122 valence electrons. The first-order valence-corrected chi connectivity index (χ1v) is 8.70. The Morgan fingerprint density at radius 1 is 1.26 bits per heavy atom. The molecule has 0 fully saturated rings. The summed E-state index contributed by atoms with van der Waals surface area (Å²) in [6.45, 7) is 1.55. The number of carbonyl (C=O) groups is 2. The van der Waals surface area contributed by atoms with Crippen LogP contribution in [-0.4, -0.2) is 32.6 Å². The number of aromatic carboxylic acids is 1. The highest BCUT2D eigenvalue weighted by Crippen LogP contribution is 2.26. The minimum Gasteiger partial charge on any atom is -0.478 e. The Bertz CT molecular complexity index is 869. The summed E-state index contributed by atoms with van der Waals surface area (Å²) in [5.74, 6) is -1.90. The van der Waals surface area contributed by atoms with E-state index in [-0.39, 0.29) is 21.7 Å². The number of nitrogens with one attached hydrogen (secondary N) is 1. The van der Waals surface area contributed by atoms with E-state index < -0.39 is 22.0 Å². The van der Waals surface area contributed by atoms with Crippen molar-refractivity contribution >= 4 is 39.0 Å². The minimum absolute atomic E-state index is 0.0852. The molecule has 1 aromatic heterocycles. The first-order chi connectivity index (χ1) is 10.8. The van der Waals surface area contributed by atoms with Gasteiger partial charge in [0.2, 0.25) is 0 Å². The van der Waals surface area contributed by atoms with Crippen LogP contribution in [0, 0.1) is 6.92 Å². The van der Waals surface area contributed by atoms with Crippen molar-refractivity contribution < 1.29 is 27.9 Å². The van der Waals surface area contributed by atoms with Crippen LogP contribution in [0.5, 0.6) is 0 Å². The van der Waals surface area contributed by atoms with Crippen molar-refractivity contribution in [2.24, 2.45) is 0 Å². The van der Waals surface area contributed by atoms with Gasteiger partial charge < -0.3 is 9.84 Å². The van der Waals surface area contributed by atoms with Crippen LogP contribution in [0.1, 0.15) is 26.3 Å². The molecule has 1 aromatic carbocycles. The number of aryl methyl sites for hydroxylation is 1. The Balaban J connectivity index is 2.44. The molecule has 2 rings (SSSR count). The molecule has 2 N–H and O–H groups in total. The van der Waals surface area contributed by atoms with Crippen molar-refractivity contribution in [2.45, 2.75) is 11.8 Å². The number of ether oxygens (including phenoxy) is 1. The minimum atomic E-state index is -4.05. The molecule has 0 spiro atoms. The average molecular weight is 355 g/mol. The Labute approximate surface area is 136 Å². The van der Waals surface area contributed by atoms with Crippen molar-refractivity contribution in [3.8, 4) is 0 Å². The van der Waals surface area contributed by atoms with Gasteiger partial charge in [0.05, 0.1) is 28.8 Å². The Morgan fingerprint density at radius 2 is 1.96 bits per heavy atom. The number of carbonyl (C=O) groups excluding carboxylic acids is 1. The average Bonchev–Trinajstić information content (AvgIpc) is 2.93. The molecule has 0 atom stereocenters. The van der Waals surface area contributed by atoms with E-state index in [1.54, 1.807) is 6.92 Å². The first-order valence-electron chi connectivity index (χ1n) is 6.27. The summed E-state index contributed by atoms with van der Waals surface area (Å²) in [7, 11) is -2.86. The second kappa shape index (κ2) is 6.39. The highest BCUT2D eigenvalue weighted by Gasteiger charge is 2.22. The number of hydrogen-bond acceptors (Lipinski definition) is 6. The summed E-state index contributed by atoms with van der Waals surface area (Å²) in [6.07, 6.45) is 0. The summed E-state index contributed by atoms with van der Waals surface area (Å²) in [5.41, 5.74) is 0.418. The van der Waals surface area contributed by atoms with Gasteiger partial charge in [0.15, 0.2) is 0 Å². The number of carboxylic acid groups (broad SMARTS) is 1. The molecular weight excluding hydrogens is 342 g/mol. The van der Waals surface area contributed by atoms with Crippen LogP contribution in [0.25, 0.3) is 0 Å². The van der Waals surface area contributed by atoms with Crippen LogP contribution in [0.15, 0.2) is 33.9 Å². The molecule has 0 aliphatic carbocycles. The van der Waals surface area contributed by atoms with E-state index in [1.165, 1.54) is 30.0 Å². The fraction of sp³-hybridized carbons (Fsp3) is 0.143. The first kappa shape index (κ1) is 17.0. The second-order valence-corrected chi connectivity index (χ2v) is 6.98. The molecule has 1 heterocycles. The number of thiophene rings is 1. The van der Waals surface area contributed by atoms with Gasteiger partial charge in [-0.15, -0.1) is 11.3 Å². The molecule has 0 aliphatic rings. The number of carboxylic acids is 1. The van der Waals surface area contributed by atoms with Gasteiger partial charge in [0.25, 0.3) is 10.0 Å². The number of benzene rings is 1. The summed E-state index contributed by atoms with van der Waals surface area (Å²) >= 11 is 1.14. The van der Waals surface area contributed by atoms with Crippen molar-refractivity contribution in [1.82, 2.24) is 0 Å². The lowest BCUT2D eigenvalue weighted by molar-refractivity contribution is 0.0601. The largest absolute Gasteiger partial charge is 0.478 e. The van der Waals surface area contributed by atoms with E-state index in [9.17, 15) is 18.0 Å². The zero-order valence-electron chi connectivity index (χ0n) is 12.2. The normalized spacial score (nSPS) is 11.0. The maximum Gasteiger partial charge on any atom is 0.340 e. The van der Waals surface area contributed by atoms with Crippen LogP contribution < -0.4 is 4.72 Å². The topological polar surface area (TPSA) is 110 Å². The molecule has 2 aromatic rings. The Kier molecular flexibility index (Phi) is 4.71. The van der Waals surface area contributed by atoms with Crippen LogP contribution in [0.2, 0.25) is 0 Å². The third-order valence-corrected chi connectivity index (χ3v) is 5.29. The Hall–Kier alpha value is -2.39. The number of anilines is 1. The third-order valence-electron chi connectivity index (χ3n) is 3.04. The zero-order chi connectivity index (χ0) is 17.2. The SMILES string of the molecule is COC(=O)c1cscc1NS(=O)(=O)c1cc(C(=O)O)ccc1C. The summed E-state index contributed by atoms with van der Waals surface area (Å²) in [4.78, 5) is 22.4. The second-order valence-electron chi connectivity index (χ2n) is 4.58. The smallest absolute Gasteiger partial charge is 0.340 e. The standard InChI is InChI=1S/C14H13NO6S2/c1-8-3-4-9(13(16)17)5-12(8)23(19,20)15-11-7-22-6-10(11)14(18)21-2/h3-7,15H,1-2H3,(H,16,17). The van der Waals surface area contributed by atoms with E-state index in [0.29, 0.717) is 5.56 Å². The molecular formula is C14H13NO6S2. The number of hydrogen-bond donors (Lipinski definition) is 2. The number of sulfonamides is 1. The van der Waals surface area contributed by atoms with Crippen LogP contribution in [-0.2, 0) is 14.8 Å². The van der Waals surface area contributed by atoms with Gasteiger partial charge in [-0.1, -0.05) is 6.07 Å². The van der Waals surface area contributed by atoms with Gasteiger partial charge in [-0.3, -0.25) is 4.72 Å². The zero-order valence-corrected chi connectivity index (χ0v) is 13.8. The van der Waals surface area contributed by atoms with Crippen LogP contribution in [0.4, 0.5) is 5.69 Å². The molecule has 7 nitrogen and oxygen atoms in total. The fourth-order valence-electron chi connectivity index (χ4n) is 1.87. The predicted molar refractivity (Wildman–Crippen MR) is 84.6 cm³/mol. The van der Waals surface area contributed by atoms with E-state index in [4.69, 9.17) is 5.11 Å². The lowest BCUT2D eigenvalue weighted by atomic mass is 10.1. The molecule has 0 saturated heterocycles. The maximum atomic E-state index is 12.5. The Morgan fingerprint density at radius 3 is 2.57 bits per heavy atom. The van der Waals surface area contributed by atoms with E-state index in [0.717, 1.165) is 17.4 Å². The third kappa shape index (κ3) is 3.51. The highest BCUT2D eigenvalue weighted by molar-refractivity contribution is 7.92. The lowest BCUT2D eigenvalue weighted by Gasteiger charge is -2.11. The molecule has 0 saturated carbocycles. The summed E-state index contributed by atoms with van der Waals surface area (Å²) < 4.78 is 31.9. The molecule has 23 heavy (non-hydrogen) atoms. The monoisotopic (exact) mass is 355 g/mol. The van der Waals surface area contributed by atoms with Gasteiger partial charge in [0, 0.05) is 10.8 Å². The van der Waals surface area contributed by atoms with Gasteiger partial charge in [-0.2, -0.15) is 0 Å². The molecule has 0 amide bonds. The number of methoxy groups -OCH3 is 1. The molecule has 0 aliphatic heterocycles. The molecule has 0 bridgehead atoms. The lowest BCUT2D eigenvalue weighted by Crippen LogP contribution is -2.16. The summed E-state index contributed by atoms with van der Waals surface area (Å²) in [6, 6.07) is 3.80. The van der Waals surface area contributed by atoms with Gasteiger partial charge in [-0.05, 0) is 24.6 Å². The van der Waals surface area contributed by atoms with E-state index in [2.05, 4.69) is 9.46 Å². The van der Waals surface area contributed by atoms with E-state index >= 15 is 0 Å². The van der Waals surface area contributed by atoms with Crippen LogP contribution in [0.3, 0.4) is 0 Å². The maximum absolute atomic E-state index is 12.5. The van der Waals surface area contributed by atoms with E-state index in [1.807, 2.05) is 0 Å². The van der Waals surface area contributed by atoms with Crippen molar-refractivity contribution in [2.75, 3.05) is 11.8 Å². The summed E-state index contributed by atoms with van der Waals surface area (Å²) in [5, 5.41) is 11.9. The van der Waals surface area contributed by atoms with Crippen molar-refractivity contribution in [3.05, 3.63) is 45.6 Å². The van der Waals surface area contributed by atoms with Crippen LogP contribution >= 0.6 is 11.3 Å².